The summed E-state index contributed by atoms with van der Waals surface area (Å²) < 4.78 is 5.97. The van der Waals surface area contributed by atoms with E-state index in [4.69, 9.17) is 4.43 Å². The average Bonchev–Trinajstić information content (AvgIpc) is 2.21. The van der Waals surface area contributed by atoms with Gasteiger partial charge in [-0.1, -0.05) is 33.1 Å². The van der Waals surface area contributed by atoms with Crippen LogP contribution >= 0.6 is 0 Å². The zero-order valence-corrected chi connectivity index (χ0v) is 13.5. The first kappa shape index (κ1) is 16.8. The van der Waals surface area contributed by atoms with E-state index < -0.39 is 8.32 Å². The van der Waals surface area contributed by atoms with Crippen molar-refractivity contribution in [2.75, 3.05) is 0 Å². The van der Waals surface area contributed by atoms with Crippen molar-refractivity contribution in [3.05, 3.63) is 0 Å². The van der Waals surface area contributed by atoms with Crippen LogP contribution < -0.4 is 0 Å². The third-order valence-corrected chi connectivity index (χ3v) is 6.83. The summed E-state index contributed by atoms with van der Waals surface area (Å²) in [5, 5.41) is 0. The van der Waals surface area contributed by atoms with E-state index in [1.807, 2.05) is 13.8 Å². The van der Waals surface area contributed by atoms with Gasteiger partial charge >= 0.3 is 0 Å². The van der Waals surface area contributed by atoms with Crippen molar-refractivity contribution < 1.29 is 9.22 Å². The van der Waals surface area contributed by atoms with E-state index in [0.29, 0.717) is 5.78 Å². The minimum absolute atomic E-state index is 0.117. The number of carbonyl (C=O) groups excluding carboxylic acids is 1. The van der Waals surface area contributed by atoms with Crippen LogP contribution in [-0.2, 0) is 9.22 Å². The highest BCUT2D eigenvalue weighted by molar-refractivity contribution is 6.75. The molecule has 0 aromatic carbocycles. The van der Waals surface area contributed by atoms with Gasteiger partial charge in [0.15, 0.2) is 8.32 Å². The molecule has 0 bridgehead atoms. The van der Waals surface area contributed by atoms with E-state index in [-0.39, 0.29) is 11.6 Å². The van der Waals surface area contributed by atoms with Crippen LogP contribution in [0.25, 0.3) is 0 Å². The van der Waals surface area contributed by atoms with E-state index >= 15 is 0 Å². The van der Waals surface area contributed by atoms with E-state index in [1.54, 1.807) is 0 Å². The fourth-order valence-corrected chi connectivity index (χ4v) is 4.38. The minimum atomic E-state index is -1.85. The maximum Gasteiger partial charge on any atom is 0.197 e. The summed E-state index contributed by atoms with van der Waals surface area (Å²) in [6.07, 6.45) is 5.65. The van der Waals surface area contributed by atoms with Crippen molar-refractivity contribution in [2.24, 2.45) is 0 Å². The number of hydrogen-bond donors (Lipinski definition) is 0. The van der Waals surface area contributed by atoms with Gasteiger partial charge in [0.05, 0.1) is 0 Å². The predicted molar refractivity (Wildman–Crippen MR) is 76.9 cm³/mol. The van der Waals surface area contributed by atoms with Gasteiger partial charge in [0, 0.05) is 18.1 Å². The highest BCUT2D eigenvalue weighted by Crippen LogP contribution is 2.26. The largest absolute Gasteiger partial charge is 0.414 e. The van der Waals surface area contributed by atoms with E-state index in [1.165, 1.54) is 19.3 Å². The third kappa shape index (κ3) is 6.99. The highest BCUT2D eigenvalue weighted by Gasteiger charge is 2.35. The Balaban J connectivity index is 4.10. The molecule has 0 aromatic heterocycles. The molecular weight excluding hydrogens is 228 g/mol. The van der Waals surface area contributed by atoms with Gasteiger partial charge in [0.1, 0.15) is 5.78 Å². The first-order chi connectivity index (χ1) is 7.81. The molecule has 0 rings (SSSR count). The molecule has 0 saturated carbocycles. The highest BCUT2D eigenvalue weighted by atomic mass is 28.4. The van der Waals surface area contributed by atoms with Crippen LogP contribution in [0.5, 0.6) is 0 Å². The second-order valence-corrected chi connectivity index (χ2v) is 10.1. The quantitative estimate of drug-likeness (QED) is 0.448. The van der Waals surface area contributed by atoms with Crippen molar-refractivity contribution >= 4 is 14.1 Å². The van der Waals surface area contributed by atoms with Crippen molar-refractivity contribution in [3.63, 3.8) is 0 Å². The average molecular weight is 258 g/mol. The van der Waals surface area contributed by atoms with Gasteiger partial charge in [-0.3, -0.25) is 4.79 Å². The second-order valence-electron chi connectivity index (χ2n) is 5.77. The number of Topliss-reactive ketones (excluding diaryl/α,β-unsaturated/α-hetero) is 1. The van der Waals surface area contributed by atoms with Gasteiger partial charge in [-0.25, -0.2) is 0 Å². The standard InChI is InChI=1S/C14H30O2Si/c1-7-8-9-10-11-14(15)13(4)17(5,6)16-12(2)3/h12-13H,7-11H2,1-6H3/t13-/m0/s1. The Kier molecular flexibility index (Phi) is 7.97. The van der Waals surface area contributed by atoms with Crippen LogP contribution in [0.4, 0.5) is 0 Å². The smallest absolute Gasteiger partial charge is 0.197 e. The Bertz CT molecular complexity index is 224. The molecule has 0 aliphatic carbocycles. The Labute approximate surface area is 108 Å². The van der Waals surface area contributed by atoms with Crippen LogP contribution in [-0.4, -0.2) is 20.2 Å². The number of carbonyl (C=O) groups is 1. The maximum atomic E-state index is 12.1. The van der Waals surface area contributed by atoms with Crippen molar-refractivity contribution in [1.29, 1.82) is 0 Å². The van der Waals surface area contributed by atoms with Crippen molar-refractivity contribution in [3.8, 4) is 0 Å². The summed E-state index contributed by atoms with van der Waals surface area (Å²) in [4.78, 5) is 12.1. The normalized spacial score (nSPS) is 14.1. The lowest BCUT2D eigenvalue weighted by molar-refractivity contribution is -0.119. The summed E-state index contributed by atoms with van der Waals surface area (Å²) >= 11 is 0. The van der Waals surface area contributed by atoms with Crippen LogP contribution in [0.15, 0.2) is 0 Å². The molecule has 0 amide bonds. The predicted octanol–water partition coefficient (Wildman–Crippen LogP) is 4.55. The molecule has 102 valence electrons. The molecule has 0 aliphatic rings. The lowest BCUT2D eigenvalue weighted by Crippen LogP contribution is -2.41. The molecule has 2 nitrogen and oxygen atoms in total. The SMILES string of the molecule is CCCCCCC(=O)[C@H](C)[Si](C)(C)OC(C)C. The molecular formula is C14H30O2Si. The molecule has 1 atom stereocenters. The molecule has 0 heterocycles. The van der Waals surface area contributed by atoms with Crippen molar-refractivity contribution in [1.82, 2.24) is 0 Å². The van der Waals surface area contributed by atoms with Crippen LogP contribution in [0.3, 0.4) is 0 Å². The Morgan fingerprint density at radius 3 is 2.18 bits per heavy atom. The Morgan fingerprint density at radius 2 is 1.71 bits per heavy atom. The number of rotatable bonds is 9. The molecule has 0 aromatic rings. The van der Waals surface area contributed by atoms with Gasteiger partial charge in [-0.05, 0) is 33.4 Å². The van der Waals surface area contributed by atoms with Gasteiger partial charge < -0.3 is 4.43 Å². The van der Waals surface area contributed by atoms with Crippen LogP contribution in [0.1, 0.15) is 59.8 Å². The van der Waals surface area contributed by atoms with Crippen LogP contribution in [0.2, 0.25) is 18.6 Å². The maximum absolute atomic E-state index is 12.1. The van der Waals surface area contributed by atoms with Gasteiger partial charge in [-0.2, -0.15) is 0 Å². The van der Waals surface area contributed by atoms with Crippen LogP contribution in [0, 0.1) is 0 Å². The molecule has 0 radical (unpaired) electrons. The van der Waals surface area contributed by atoms with E-state index in [0.717, 1.165) is 12.8 Å². The monoisotopic (exact) mass is 258 g/mol. The fraction of sp³-hybridized carbons (Fsp3) is 0.929. The Hall–Kier alpha value is -0.153. The fourth-order valence-electron chi connectivity index (χ4n) is 2.04. The number of hydrogen-bond acceptors (Lipinski definition) is 2. The second kappa shape index (κ2) is 8.04. The molecule has 0 spiro atoms. The summed E-state index contributed by atoms with van der Waals surface area (Å²) in [6.45, 7) is 12.7. The molecule has 17 heavy (non-hydrogen) atoms. The Morgan fingerprint density at radius 1 is 1.12 bits per heavy atom. The third-order valence-electron chi connectivity index (χ3n) is 3.34. The van der Waals surface area contributed by atoms with Crippen molar-refractivity contribution in [2.45, 2.75) is 84.5 Å². The first-order valence-corrected chi connectivity index (χ1v) is 10.00. The molecule has 0 fully saturated rings. The number of ketones is 1. The molecule has 0 saturated heterocycles. The molecule has 0 N–H and O–H groups in total. The summed E-state index contributed by atoms with van der Waals surface area (Å²) in [5.41, 5.74) is 0.117. The van der Waals surface area contributed by atoms with Gasteiger partial charge in [-0.15, -0.1) is 0 Å². The topological polar surface area (TPSA) is 26.3 Å². The van der Waals surface area contributed by atoms with E-state index in [2.05, 4.69) is 26.9 Å². The lowest BCUT2D eigenvalue weighted by atomic mass is 10.1. The summed E-state index contributed by atoms with van der Waals surface area (Å²) in [5.74, 6) is 0.401. The summed E-state index contributed by atoms with van der Waals surface area (Å²) in [6, 6.07) is 0. The summed E-state index contributed by atoms with van der Waals surface area (Å²) in [7, 11) is -1.85. The zero-order chi connectivity index (χ0) is 13.5. The van der Waals surface area contributed by atoms with Gasteiger partial charge in [0.2, 0.25) is 0 Å². The molecule has 3 heteroatoms. The molecule has 0 unspecified atom stereocenters. The van der Waals surface area contributed by atoms with E-state index in [9.17, 15) is 4.79 Å². The molecule has 0 aliphatic heterocycles. The zero-order valence-electron chi connectivity index (χ0n) is 12.5. The first-order valence-electron chi connectivity index (χ1n) is 7.01. The lowest BCUT2D eigenvalue weighted by Gasteiger charge is -2.30. The number of unbranched alkanes of at least 4 members (excludes halogenated alkanes) is 3. The minimum Gasteiger partial charge on any atom is -0.414 e. The van der Waals surface area contributed by atoms with Gasteiger partial charge in [0.25, 0.3) is 0 Å².